The SMILES string of the molecule is CCCN1CCC(NC(=O)NC(C(=O)O)C(C)CC)CC1. The first-order valence-corrected chi connectivity index (χ1v) is 8.00. The second-order valence-corrected chi connectivity index (χ2v) is 5.94. The van der Waals surface area contributed by atoms with Gasteiger partial charge in [0.15, 0.2) is 0 Å². The van der Waals surface area contributed by atoms with Gasteiger partial charge in [0.25, 0.3) is 0 Å². The Morgan fingerprint density at radius 3 is 2.38 bits per heavy atom. The number of likely N-dealkylation sites (tertiary alicyclic amines) is 1. The summed E-state index contributed by atoms with van der Waals surface area (Å²) in [6.07, 6.45) is 3.71. The molecule has 1 aliphatic rings. The van der Waals surface area contributed by atoms with Crippen molar-refractivity contribution in [1.82, 2.24) is 15.5 Å². The lowest BCUT2D eigenvalue weighted by molar-refractivity contribution is -0.140. The Kier molecular flexibility index (Phi) is 7.50. The number of carbonyl (C=O) groups excluding carboxylic acids is 1. The van der Waals surface area contributed by atoms with Gasteiger partial charge in [-0.15, -0.1) is 0 Å². The molecule has 0 bridgehead atoms. The average molecular weight is 299 g/mol. The first-order valence-electron chi connectivity index (χ1n) is 8.00. The van der Waals surface area contributed by atoms with E-state index in [0.717, 1.165) is 38.9 Å². The Hall–Kier alpha value is -1.30. The zero-order valence-corrected chi connectivity index (χ0v) is 13.4. The highest BCUT2D eigenvalue weighted by molar-refractivity contribution is 5.82. The molecule has 1 saturated heterocycles. The van der Waals surface area contributed by atoms with Crippen LogP contribution in [0, 0.1) is 5.92 Å². The Morgan fingerprint density at radius 1 is 1.29 bits per heavy atom. The molecule has 0 aromatic carbocycles. The van der Waals surface area contributed by atoms with Crippen molar-refractivity contribution in [2.45, 2.75) is 58.5 Å². The molecule has 0 aromatic heterocycles. The van der Waals surface area contributed by atoms with Crippen LogP contribution >= 0.6 is 0 Å². The van der Waals surface area contributed by atoms with E-state index in [-0.39, 0.29) is 18.0 Å². The highest BCUT2D eigenvalue weighted by Crippen LogP contribution is 2.11. The van der Waals surface area contributed by atoms with Gasteiger partial charge in [-0.25, -0.2) is 9.59 Å². The summed E-state index contributed by atoms with van der Waals surface area (Å²) in [4.78, 5) is 25.5. The number of aliphatic carboxylic acids is 1. The zero-order chi connectivity index (χ0) is 15.8. The minimum Gasteiger partial charge on any atom is -0.480 e. The van der Waals surface area contributed by atoms with E-state index in [2.05, 4.69) is 22.5 Å². The number of carboxylic acid groups (broad SMARTS) is 1. The van der Waals surface area contributed by atoms with Crippen molar-refractivity contribution in [3.8, 4) is 0 Å². The summed E-state index contributed by atoms with van der Waals surface area (Å²) in [6, 6.07) is -1.05. The summed E-state index contributed by atoms with van der Waals surface area (Å²) in [6.45, 7) is 9.01. The molecule has 6 nitrogen and oxygen atoms in total. The van der Waals surface area contributed by atoms with Gasteiger partial charge in [-0.2, -0.15) is 0 Å². The van der Waals surface area contributed by atoms with Crippen molar-refractivity contribution < 1.29 is 14.7 Å². The van der Waals surface area contributed by atoms with Gasteiger partial charge < -0.3 is 20.6 Å². The van der Waals surface area contributed by atoms with Crippen LogP contribution < -0.4 is 10.6 Å². The number of nitrogens with one attached hydrogen (secondary N) is 2. The van der Waals surface area contributed by atoms with Crippen molar-refractivity contribution in [3.63, 3.8) is 0 Å². The van der Waals surface area contributed by atoms with E-state index in [1.165, 1.54) is 0 Å². The first-order chi connectivity index (χ1) is 9.97. The lowest BCUT2D eigenvalue weighted by Crippen LogP contribution is -2.53. The third-order valence-electron chi connectivity index (χ3n) is 4.23. The Balaban J connectivity index is 2.38. The third kappa shape index (κ3) is 5.91. The van der Waals surface area contributed by atoms with Gasteiger partial charge in [-0.05, 0) is 31.7 Å². The van der Waals surface area contributed by atoms with Crippen molar-refractivity contribution in [3.05, 3.63) is 0 Å². The number of urea groups is 1. The fraction of sp³-hybridized carbons (Fsp3) is 0.867. The van der Waals surface area contributed by atoms with Crippen molar-refractivity contribution in [2.24, 2.45) is 5.92 Å². The van der Waals surface area contributed by atoms with E-state index < -0.39 is 12.0 Å². The van der Waals surface area contributed by atoms with Gasteiger partial charge in [0.1, 0.15) is 6.04 Å². The summed E-state index contributed by atoms with van der Waals surface area (Å²) in [5, 5.41) is 14.7. The molecular weight excluding hydrogens is 270 g/mol. The number of rotatable bonds is 7. The maximum Gasteiger partial charge on any atom is 0.326 e. The number of hydrogen-bond acceptors (Lipinski definition) is 3. The fourth-order valence-corrected chi connectivity index (χ4v) is 2.67. The fourth-order valence-electron chi connectivity index (χ4n) is 2.67. The average Bonchev–Trinajstić information content (AvgIpc) is 2.46. The molecule has 2 atom stereocenters. The maximum absolute atomic E-state index is 12.0. The third-order valence-corrected chi connectivity index (χ3v) is 4.23. The van der Waals surface area contributed by atoms with Gasteiger partial charge in [0, 0.05) is 19.1 Å². The van der Waals surface area contributed by atoms with Crippen LogP contribution in [0.4, 0.5) is 4.79 Å². The molecule has 1 rings (SSSR count). The van der Waals surface area contributed by atoms with Crippen LogP contribution in [0.5, 0.6) is 0 Å². The molecule has 3 N–H and O–H groups in total. The Labute approximate surface area is 127 Å². The molecule has 1 heterocycles. The van der Waals surface area contributed by atoms with Crippen LogP contribution in [0.2, 0.25) is 0 Å². The Bertz CT molecular complexity index is 341. The molecule has 1 aliphatic heterocycles. The molecule has 0 radical (unpaired) electrons. The van der Waals surface area contributed by atoms with Crippen LogP contribution in [0.3, 0.4) is 0 Å². The number of carboxylic acids is 1. The predicted octanol–water partition coefficient (Wildman–Crippen LogP) is 1.66. The van der Waals surface area contributed by atoms with Gasteiger partial charge in [0.2, 0.25) is 0 Å². The molecule has 2 amide bonds. The van der Waals surface area contributed by atoms with Crippen LogP contribution in [-0.2, 0) is 4.79 Å². The highest BCUT2D eigenvalue weighted by Gasteiger charge is 2.27. The molecule has 6 heteroatoms. The number of carbonyl (C=O) groups is 2. The van der Waals surface area contributed by atoms with Gasteiger partial charge in [-0.3, -0.25) is 0 Å². The van der Waals surface area contributed by atoms with Crippen LogP contribution in [-0.4, -0.2) is 53.7 Å². The maximum atomic E-state index is 12.0. The standard InChI is InChI=1S/C15H29N3O3/c1-4-8-18-9-6-12(7-10-18)16-15(21)17-13(14(19)20)11(3)5-2/h11-13H,4-10H2,1-3H3,(H,19,20)(H2,16,17,21). The quantitative estimate of drug-likeness (QED) is 0.668. The second-order valence-electron chi connectivity index (χ2n) is 5.94. The van der Waals surface area contributed by atoms with Crippen LogP contribution in [0.1, 0.15) is 46.5 Å². The normalized spacial score (nSPS) is 19.8. The molecule has 122 valence electrons. The smallest absolute Gasteiger partial charge is 0.326 e. The zero-order valence-electron chi connectivity index (χ0n) is 13.4. The van der Waals surface area contributed by atoms with Crippen LogP contribution in [0.25, 0.3) is 0 Å². The van der Waals surface area contributed by atoms with E-state index in [0.29, 0.717) is 6.42 Å². The van der Waals surface area contributed by atoms with E-state index in [1.807, 2.05) is 13.8 Å². The molecule has 0 aromatic rings. The molecule has 2 unspecified atom stereocenters. The number of hydrogen-bond donors (Lipinski definition) is 3. The van der Waals surface area contributed by atoms with Gasteiger partial charge in [-0.1, -0.05) is 27.2 Å². The summed E-state index contributed by atoms with van der Waals surface area (Å²) in [7, 11) is 0. The number of amides is 2. The van der Waals surface area contributed by atoms with Crippen molar-refractivity contribution >= 4 is 12.0 Å². The highest BCUT2D eigenvalue weighted by atomic mass is 16.4. The number of piperidine rings is 1. The monoisotopic (exact) mass is 299 g/mol. The molecule has 0 saturated carbocycles. The molecule has 0 aliphatic carbocycles. The number of nitrogens with zero attached hydrogens (tertiary/aromatic N) is 1. The summed E-state index contributed by atoms with van der Waals surface area (Å²) >= 11 is 0. The molecule has 1 fully saturated rings. The lowest BCUT2D eigenvalue weighted by atomic mass is 9.99. The topological polar surface area (TPSA) is 81.7 Å². The van der Waals surface area contributed by atoms with E-state index in [1.54, 1.807) is 0 Å². The van der Waals surface area contributed by atoms with Crippen molar-refractivity contribution in [2.75, 3.05) is 19.6 Å². The largest absolute Gasteiger partial charge is 0.480 e. The van der Waals surface area contributed by atoms with Crippen LogP contribution in [0.15, 0.2) is 0 Å². The van der Waals surface area contributed by atoms with Gasteiger partial charge >= 0.3 is 12.0 Å². The summed E-state index contributed by atoms with van der Waals surface area (Å²) in [5.41, 5.74) is 0. The van der Waals surface area contributed by atoms with Gasteiger partial charge in [0.05, 0.1) is 0 Å². The summed E-state index contributed by atoms with van der Waals surface area (Å²) in [5.74, 6) is -1.06. The van der Waals surface area contributed by atoms with E-state index in [9.17, 15) is 14.7 Å². The van der Waals surface area contributed by atoms with Crippen molar-refractivity contribution in [1.29, 1.82) is 0 Å². The summed E-state index contributed by atoms with van der Waals surface area (Å²) < 4.78 is 0. The molecule has 0 spiro atoms. The minimum atomic E-state index is -0.975. The Morgan fingerprint density at radius 2 is 1.90 bits per heavy atom. The second kappa shape index (κ2) is 8.87. The molecule has 21 heavy (non-hydrogen) atoms. The predicted molar refractivity (Wildman–Crippen MR) is 82.3 cm³/mol. The van der Waals surface area contributed by atoms with E-state index in [4.69, 9.17) is 0 Å². The van der Waals surface area contributed by atoms with E-state index >= 15 is 0 Å². The minimum absolute atomic E-state index is 0.0837. The first kappa shape index (κ1) is 17.8. The molecular formula is C15H29N3O3. The lowest BCUT2D eigenvalue weighted by Gasteiger charge is -2.32.